The molecule has 3 N–H and O–H groups in total. The fraction of sp³-hybridized carbons (Fsp3) is 0.174. The Bertz CT molecular complexity index is 1490. The van der Waals surface area contributed by atoms with Gasteiger partial charge in [-0.25, -0.2) is 38.3 Å². The van der Waals surface area contributed by atoms with Crippen LogP contribution in [-0.2, 0) is 11.0 Å². The number of amides is 1. The van der Waals surface area contributed by atoms with Crippen LogP contribution in [-0.4, -0.2) is 65.7 Å². The molecule has 0 saturated carbocycles. The molecule has 5 rings (SSSR count). The van der Waals surface area contributed by atoms with Crippen molar-refractivity contribution in [1.82, 2.24) is 29.7 Å². The zero-order chi connectivity index (χ0) is 25.9. The molecule has 1 aliphatic heterocycles. The summed E-state index contributed by atoms with van der Waals surface area (Å²) in [5.74, 6) is -0.284. The predicted octanol–water partition coefficient (Wildman–Crippen LogP) is 2.92. The van der Waals surface area contributed by atoms with E-state index in [1.807, 2.05) is 9.21 Å². The molecule has 0 bridgehead atoms. The Hall–Kier alpha value is -3.78. The maximum Gasteiger partial charge on any atom is 0.277 e. The van der Waals surface area contributed by atoms with E-state index in [0.29, 0.717) is 59.4 Å². The molecule has 190 valence electrons. The number of hydroxylamine groups is 1. The first-order valence-electron chi connectivity index (χ1n) is 11.1. The molecule has 2 aromatic carbocycles. The van der Waals surface area contributed by atoms with E-state index in [9.17, 15) is 13.4 Å². The molecule has 1 aliphatic rings. The molecule has 1 atom stereocenters. The molecule has 14 heteroatoms. The van der Waals surface area contributed by atoms with Gasteiger partial charge >= 0.3 is 0 Å². The van der Waals surface area contributed by atoms with E-state index in [2.05, 4.69) is 25.3 Å². The number of aromatic nitrogens is 4. The van der Waals surface area contributed by atoms with Gasteiger partial charge in [-0.15, -0.1) is 0 Å². The van der Waals surface area contributed by atoms with Crippen molar-refractivity contribution in [2.45, 2.75) is 4.90 Å². The van der Waals surface area contributed by atoms with Gasteiger partial charge in [0.15, 0.2) is 0 Å². The van der Waals surface area contributed by atoms with Gasteiger partial charge in [0, 0.05) is 49.6 Å². The first-order chi connectivity index (χ1) is 17.9. The lowest BCUT2D eigenvalue weighted by atomic mass is 10.2. The third kappa shape index (κ3) is 5.34. The van der Waals surface area contributed by atoms with Crippen LogP contribution in [0.5, 0.6) is 0 Å². The molecule has 1 fully saturated rings. The minimum Gasteiger partial charge on any atom is -0.340 e. The SMILES string of the molecule is O=C(NO)c1cnc(N2CCN(S(=O)c3ccc4ncnc(Nc5ccc(F)c(Cl)c5)c4c3)CC2)nc1. The Morgan fingerprint density at radius 1 is 1.03 bits per heavy atom. The number of nitrogens with one attached hydrogen (secondary N) is 2. The highest BCUT2D eigenvalue weighted by molar-refractivity contribution is 7.82. The van der Waals surface area contributed by atoms with Crippen LogP contribution in [0.3, 0.4) is 0 Å². The van der Waals surface area contributed by atoms with Crippen LogP contribution in [0.2, 0.25) is 5.02 Å². The highest BCUT2D eigenvalue weighted by Gasteiger charge is 2.24. The van der Waals surface area contributed by atoms with Crippen LogP contribution in [0, 0.1) is 5.82 Å². The van der Waals surface area contributed by atoms with E-state index in [1.165, 1.54) is 30.9 Å². The van der Waals surface area contributed by atoms with Crippen LogP contribution in [0.15, 0.2) is 60.0 Å². The number of anilines is 3. The average molecular weight is 543 g/mol. The molecular formula is C23H20ClFN8O3S. The smallest absolute Gasteiger partial charge is 0.277 e. The van der Waals surface area contributed by atoms with E-state index in [-0.39, 0.29) is 10.6 Å². The van der Waals surface area contributed by atoms with Gasteiger partial charge in [0.05, 0.1) is 21.0 Å². The number of carbonyl (C=O) groups excluding carboxylic acids is 1. The molecule has 1 saturated heterocycles. The highest BCUT2D eigenvalue weighted by Crippen LogP contribution is 2.28. The predicted molar refractivity (Wildman–Crippen MR) is 136 cm³/mol. The molecule has 2 aromatic heterocycles. The fourth-order valence-electron chi connectivity index (χ4n) is 3.82. The molecule has 0 radical (unpaired) electrons. The van der Waals surface area contributed by atoms with Crippen LogP contribution in [0.25, 0.3) is 10.9 Å². The number of nitrogens with zero attached hydrogens (tertiary/aromatic N) is 6. The van der Waals surface area contributed by atoms with Gasteiger partial charge in [-0.2, -0.15) is 0 Å². The van der Waals surface area contributed by atoms with Crippen molar-refractivity contribution < 1.29 is 18.6 Å². The molecule has 11 nitrogen and oxygen atoms in total. The van der Waals surface area contributed by atoms with Gasteiger partial charge in [0.25, 0.3) is 5.91 Å². The summed E-state index contributed by atoms with van der Waals surface area (Å²) < 4.78 is 28.8. The summed E-state index contributed by atoms with van der Waals surface area (Å²) in [5, 5.41) is 12.5. The third-order valence-corrected chi connectivity index (χ3v) is 7.53. The summed E-state index contributed by atoms with van der Waals surface area (Å²) in [6.45, 7) is 2.06. The van der Waals surface area contributed by atoms with E-state index < -0.39 is 22.7 Å². The number of piperazine rings is 1. The quantitative estimate of drug-likeness (QED) is 0.248. The Morgan fingerprint density at radius 2 is 1.78 bits per heavy atom. The number of hydrogen-bond donors (Lipinski definition) is 3. The summed E-state index contributed by atoms with van der Waals surface area (Å²) in [6, 6.07) is 9.60. The Labute approximate surface area is 217 Å². The highest BCUT2D eigenvalue weighted by atomic mass is 35.5. The third-order valence-electron chi connectivity index (χ3n) is 5.75. The van der Waals surface area contributed by atoms with Gasteiger partial charge in [-0.1, -0.05) is 11.6 Å². The van der Waals surface area contributed by atoms with Crippen molar-refractivity contribution in [2.24, 2.45) is 0 Å². The van der Waals surface area contributed by atoms with E-state index in [0.717, 1.165) is 0 Å². The lowest BCUT2D eigenvalue weighted by Crippen LogP contribution is -2.47. The first kappa shape index (κ1) is 24.9. The second-order valence-electron chi connectivity index (χ2n) is 8.03. The maximum absolute atomic E-state index is 13.5. The maximum atomic E-state index is 13.5. The average Bonchev–Trinajstić information content (AvgIpc) is 2.94. The summed E-state index contributed by atoms with van der Waals surface area (Å²) >= 11 is 5.90. The summed E-state index contributed by atoms with van der Waals surface area (Å²) in [7, 11) is -1.44. The second-order valence-corrected chi connectivity index (χ2v) is 9.93. The Balaban J connectivity index is 1.30. The van der Waals surface area contributed by atoms with Crippen LogP contribution < -0.4 is 15.7 Å². The van der Waals surface area contributed by atoms with Crippen LogP contribution in [0.1, 0.15) is 10.4 Å². The number of carbonyl (C=O) groups is 1. The molecule has 1 unspecified atom stereocenters. The van der Waals surface area contributed by atoms with E-state index in [4.69, 9.17) is 16.8 Å². The number of benzene rings is 2. The molecule has 1 amide bonds. The first-order valence-corrected chi connectivity index (χ1v) is 12.6. The number of rotatable bonds is 6. The topological polar surface area (TPSA) is 136 Å². The van der Waals surface area contributed by atoms with E-state index >= 15 is 0 Å². The molecule has 0 aliphatic carbocycles. The summed E-state index contributed by atoms with van der Waals surface area (Å²) in [6.07, 6.45) is 4.08. The molecular weight excluding hydrogens is 523 g/mol. The Morgan fingerprint density at radius 3 is 2.49 bits per heavy atom. The van der Waals surface area contributed by atoms with Crippen molar-refractivity contribution in [3.8, 4) is 0 Å². The normalized spacial score (nSPS) is 14.9. The van der Waals surface area contributed by atoms with Gasteiger partial charge in [-0.3, -0.25) is 10.0 Å². The zero-order valence-electron chi connectivity index (χ0n) is 19.1. The van der Waals surface area contributed by atoms with Crippen molar-refractivity contribution >= 4 is 56.9 Å². The molecule has 37 heavy (non-hydrogen) atoms. The van der Waals surface area contributed by atoms with Crippen LogP contribution >= 0.6 is 11.6 Å². The summed E-state index contributed by atoms with van der Waals surface area (Å²) in [5.41, 5.74) is 2.90. The molecule has 4 aromatic rings. The lowest BCUT2D eigenvalue weighted by Gasteiger charge is -2.33. The monoisotopic (exact) mass is 542 g/mol. The minimum absolute atomic E-state index is 0.0127. The standard InChI is InChI=1S/C23H20ClFN8O3S/c24-18-9-15(1-3-19(18)25)30-21-17-10-16(2-4-20(17)28-13-29-21)37(36)33-7-5-32(6-8-33)23-26-11-14(12-27-23)22(34)31-35/h1-4,9-13,35H,5-8H2,(H,31,34)(H,28,29,30). The van der Waals surface area contributed by atoms with Gasteiger partial charge in [0.2, 0.25) is 5.95 Å². The minimum atomic E-state index is -1.44. The van der Waals surface area contributed by atoms with Crippen molar-refractivity contribution in [3.05, 3.63) is 71.5 Å². The second kappa shape index (κ2) is 10.7. The Kier molecular flexibility index (Phi) is 7.19. The largest absolute Gasteiger partial charge is 0.340 e. The fourth-order valence-corrected chi connectivity index (χ4v) is 5.20. The lowest BCUT2D eigenvalue weighted by molar-refractivity contribution is 0.0705. The number of fused-ring (bicyclic) bond motifs is 1. The van der Waals surface area contributed by atoms with Gasteiger partial charge < -0.3 is 10.2 Å². The van der Waals surface area contributed by atoms with Crippen molar-refractivity contribution in [1.29, 1.82) is 0 Å². The van der Waals surface area contributed by atoms with Gasteiger partial charge in [0.1, 0.15) is 28.9 Å². The number of halogens is 2. The summed E-state index contributed by atoms with van der Waals surface area (Å²) in [4.78, 5) is 30.9. The molecule has 0 spiro atoms. The van der Waals surface area contributed by atoms with Crippen LogP contribution in [0.4, 0.5) is 21.8 Å². The molecule has 3 heterocycles. The van der Waals surface area contributed by atoms with E-state index in [1.54, 1.807) is 29.7 Å². The van der Waals surface area contributed by atoms with Gasteiger partial charge in [-0.05, 0) is 36.4 Å². The van der Waals surface area contributed by atoms with Crippen molar-refractivity contribution in [3.63, 3.8) is 0 Å². The number of hydrogen-bond acceptors (Lipinski definition) is 9. The van der Waals surface area contributed by atoms with Crippen molar-refractivity contribution in [2.75, 3.05) is 36.4 Å². The zero-order valence-corrected chi connectivity index (χ0v) is 20.7.